The second-order valence-corrected chi connectivity index (χ2v) is 6.45. The Hall–Kier alpha value is -2.58. The number of para-hydroxylation sites is 1. The fourth-order valence-electron chi connectivity index (χ4n) is 2.87. The Labute approximate surface area is 165 Å². The van der Waals surface area contributed by atoms with Crippen LogP contribution in [0.1, 0.15) is 11.7 Å². The molecule has 4 N–H and O–H groups in total. The van der Waals surface area contributed by atoms with Crippen LogP contribution in [0.4, 0.5) is 4.39 Å². The third-order valence-electron chi connectivity index (χ3n) is 4.46. The van der Waals surface area contributed by atoms with Crippen LogP contribution in [-0.4, -0.2) is 57.7 Å². The van der Waals surface area contributed by atoms with Crippen LogP contribution >= 0.6 is 0 Å². The number of benzene rings is 2. The summed E-state index contributed by atoms with van der Waals surface area (Å²) in [5, 5.41) is 48.5. The number of halogens is 1. The van der Waals surface area contributed by atoms with Crippen LogP contribution in [0.5, 0.6) is 11.5 Å². The maximum atomic E-state index is 14.1. The number of nitriles is 1. The number of aliphatic hydroxyl groups is 4. The Morgan fingerprint density at radius 2 is 1.79 bits per heavy atom. The first-order valence-electron chi connectivity index (χ1n) is 8.82. The third-order valence-corrected chi connectivity index (χ3v) is 4.46. The molecule has 2 aromatic rings. The van der Waals surface area contributed by atoms with E-state index in [9.17, 15) is 30.1 Å². The molecule has 1 saturated heterocycles. The molecule has 1 heterocycles. The summed E-state index contributed by atoms with van der Waals surface area (Å²) in [5.41, 5.74) is 0.219. The van der Waals surface area contributed by atoms with Gasteiger partial charge in [-0.15, -0.1) is 0 Å². The second kappa shape index (κ2) is 9.28. The zero-order valence-corrected chi connectivity index (χ0v) is 15.1. The molecule has 0 unspecified atom stereocenters. The molecule has 3 rings (SSSR count). The van der Waals surface area contributed by atoms with Gasteiger partial charge >= 0.3 is 0 Å². The van der Waals surface area contributed by atoms with Gasteiger partial charge in [-0.1, -0.05) is 24.3 Å². The van der Waals surface area contributed by atoms with Crippen molar-refractivity contribution in [3.8, 4) is 17.6 Å². The van der Waals surface area contributed by atoms with Crippen LogP contribution in [0.3, 0.4) is 0 Å². The Morgan fingerprint density at radius 1 is 1.07 bits per heavy atom. The van der Waals surface area contributed by atoms with Crippen molar-refractivity contribution in [3.63, 3.8) is 0 Å². The molecule has 2 aromatic carbocycles. The number of ether oxygens (including phenoxy) is 3. The SMILES string of the molecule is N#C[C@H](O[C@@H]1O[C@H](CO)[C@@H](O)[C@H](O)[C@H]1O)c1ccc(F)c(Oc2ccccc2)c1. The fourth-order valence-corrected chi connectivity index (χ4v) is 2.87. The van der Waals surface area contributed by atoms with Crippen LogP contribution in [0.15, 0.2) is 48.5 Å². The molecular formula is C20H20FNO7. The third kappa shape index (κ3) is 4.71. The smallest absolute Gasteiger partial charge is 0.188 e. The summed E-state index contributed by atoms with van der Waals surface area (Å²) >= 11 is 0. The topological polar surface area (TPSA) is 132 Å². The highest BCUT2D eigenvalue weighted by Crippen LogP contribution is 2.31. The molecule has 8 nitrogen and oxygen atoms in total. The van der Waals surface area contributed by atoms with Crippen molar-refractivity contribution in [1.82, 2.24) is 0 Å². The molecule has 0 spiro atoms. The minimum atomic E-state index is -1.66. The lowest BCUT2D eigenvalue weighted by atomic mass is 9.99. The normalized spacial score (nSPS) is 27.8. The molecule has 1 aliphatic rings. The molecule has 154 valence electrons. The zero-order chi connectivity index (χ0) is 21.0. The van der Waals surface area contributed by atoms with Crippen molar-refractivity contribution in [2.45, 2.75) is 36.8 Å². The maximum Gasteiger partial charge on any atom is 0.188 e. The lowest BCUT2D eigenvalue weighted by Gasteiger charge is -2.40. The standard InChI is InChI=1S/C20H20FNO7/c21-13-7-6-11(8-14(13)27-12-4-2-1-3-5-12)15(9-22)28-20-19(26)18(25)17(24)16(10-23)29-20/h1-8,15-20,23-26H,10H2/t15-,16+,17+,18-,19+,20+/m0/s1. The highest BCUT2D eigenvalue weighted by Gasteiger charge is 2.45. The van der Waals surface area contributed by atoms with Gasteiger partial charge in [0.25, 0.3) is 0 Å². The lowest BCUT2D eigenvalue weighted by molar-refractivity contribution is -0.307. The van der Waals surface area contributed by atoms with E-state index in [2.05, 4.69) is 0 Å². The van der Waals surface area contributed by atoms with Crippen LogP contribution in [0, 0.1) is 17.1 Å². The van der Waals surface area contributed by atoms with Crippen LogP contribution in [0.25, 0.3) is 0 Å². The minimum absolute atomic E-state index is 0.133. The molecule has 0 radical (unpaired) electrons. The Kier molecular flexibility index (Phi) is 6.76. The molecule has 0 bridgehead atoms. The lowest BCUT2D eigenvalue weighted by Crippen LogP contribution is -2.59. The first-order valence-corrected chi connectivity index (χ1v) is 8.82. The van der Waals surface area contributed by atoms with Crippen LogP contribution < -0.4 is 4.74 Å². The molecule has 0 aromatic heterocycles. The Balaban J connectivity index is 1.79. The molecule has 29 heavy (non-hydrogen) atoms. The summed E-state index contributed by atoms with van der Waals surface area (Å²) in [6, 6.07) is 14.0. The Morgan fingerprint density at radius 3 is 2.45 bits per heavy atom. The molecule has 0 saturated carbocycles. The van der Waals surface area contributed by atoms with Crippen molar-refractivity contribution in [2.75, 3.05) is 6.61 Å². The average Bonchev–Trinajstić information content (AvgIpc) is 2.74. The highest BCUT2D eigenvalue weighted by molar-refractivity contribution is 5.37. The first-order chi connectivity index (χ1) is 13.9. The first kappa shape index (κ1) is 21.1. The van der Waals surface area contributed by atoms with E-state index in [-0.39, 0.29) is 11.3 Å². The zero-order valence-electron chi connectivity index (χ0n) is 15.1. The molecule has 9 heteroatoms. The maximum absolute atomic E-state index is 14.1. The van der Waals surface area contributed by atoms with Gasteiger partial charge in [0, 0.05) is 0 Å². The summed E-state index contributed by atoms with van der Waals surface area (Å²) in [6.45, 7) is -0.631. The number of hydrogen-bond donors (Lipinski definition) is 4. The minimum Gasteiger partial charge on any atom is -0.454 e. The van der Waals surface area contributed by atoms with E-state index in [1.54, 1.807) is 30.3 Å². The summed E-state index contributed by atoms with van der Waals surface area (Å²) < 4.78 is 30.3. The van der Waals surface area contributed by atoms with E-state index in [4.69, 9.17) is 14.2 Å². The summed E-state index contributed by atoms with van der Waals surface area (Å²) in [6.07, 6.45) is -8.84. The van der Waals surface area contributed by atoms with Gasteiger partial charge in [-0.3, -0.25) is 0 Å². The molecule has 6 atom stereocenters. The monoisotopic (exact) mass is 405 g/mol. The fraction of sp³-hybridized carbons (Fsp3) is 0.350. The number of hydrogen-bond acceptors (Lipinski definition) is 8. The van der Waals surface area contributed by atoms with Gasteiger partial charge in [-0.2, -0.15) is 5.26 Å². The predicted octanol–water partition coefficient (Wildman–Crippen LogP) is 0.999. The van der Waals surface area contributed by atoms with Crippen molar-refractivity contribution in [1.29, 1.82) is 5.26 Å². The highest BCUT2D eigenvalue weighted by atomic mass is 19.1. The molecular weight excluding hydrogens is 385 g/mol. The van der Waals surface area contributed by atoms with E-state index in [0.29, 0.717) is 5.75 Å². The van der Waals surface area contributed by atoms with E-state index in [1.807, 2.05) is 6.07 Å². The Bertz CT molecular complexity index is 858. The van der Waals surface area contributed by atoms with Gasteiger partial charge in [0.05, 0.1) is 12.7 Å². The second-order valence-electron chi connectivity index (χ2n) is 6.45. The van der Waals surface area contributed by atoms with Gasteiger partial charge in [0.1, 0.15) is 30.2 Å². The van der Waals surface area contributed by atoms with E-state index in [1.165, 1.54) is 12.1 Å². The molecule has 1 aliphatic heterocycles. The molecule has 0 amide bonds. The van der Waals surface area contributed by atoms with Gasteiger partial charge in [-0.05, 0) is 29.8 Å². The van der Waals surface area contributed by atoms with Crippen molar-refractivity contribution in [2.24, 2.45) is 0 Å². The van der Waals surface area contributed by atoms with Crippen molar-refractivity contribution < 1.29 is 39.0 Å². The number of nitrogens with zero attached hydrogens (tertiary/aromatic N) is 1. The van der Waals surface area contributed by atoms with E-state index >= 15 is 0 Å². The van der Waals surface area contributed by atoms with Gasteiger partial charge in [0.15, 0.2) is 24.0 Å². The van der Waals surface area contributed by atoms with E-state index in [0.717, 1.165) is 6.07 Å². The van der Waals surface area contributed by atoms with Crippen LogP contribution in [0.2, 0.25) is 0 Å². The quantitative estimate of drug-likeness (QED) is 0.560. The summed E-state index contributed by atoms with van der Waals surface area (Å²) in [5.74, 6) is -0.389. The predicted molar refractivity (Wildman–Crippen MR) is 96.1 cm³/mol. The van der Waals surface area contributed by atoms with E-state index < -0.39 is 49.2 Å². The van der Waals surface area contributed by atoms with Gasteiger partial charge in [0.2, 0.25) is 0 Å². The van der Waals surface area contributed by atoms with Crippen molar-refractivity contribution in [3.05, 3.63) is 59.9 Å². The molecule has 0 aliphatic carbocycles. The summed E-state index contributed by atoms with van der Waals surface area (Å²) in [4.78, 5) is 0. The van der Waals surface area contributed by atoms with Crippen molar-refractivity contribution >= 4 is 0 Å². The number of aliphatic hydroxyl groups excluding tert-OH is 4. The van der Waals surface area contributed by atoms with Crippen LogP contribution in [-0.2, 0) is 9.47 Å². The summed E-state index contributed by atoms with van der Waals surface area (Å²) in [7, 11) is 0. The largest absolute Gasteiger partial charge is 0.454 e. The van der Waals surface area contributed by atoms with Gasteiger partial charge in [-0.25, -0.2) is 4.39 Å². The number of rotatable bonds is 6. The van der Waals surface area contributed by atoms with Gasteiger partial charge < -0.3 is 34.6 Å². The average molecular weight is 405 g/mol. The molecule has 1 fully saturated rings.